The van der Waals surface area contributed by atoms with E-state index >= 15 is 0 Å². The standard InChI is InChI=1S/C12H17N5S/c1-9(2)13-4-10-5-14-12(15-6-10)18-11-7-16-17(3)8-11/h5-9,13H,4H2,1-3H3. The van der Waals surface area contributed by atoms with Crippen molar-refractivity contribution < 1.29 is 0 Å². The van der Waals surface area contributed by atoms with Gasteiger partial charge in [0.05, 0.1) is 11.1 Å². The molecule has 1 N–H and O–H groups in total. The summed E-state index contributed by atoms with van der Waals surface area (Å²) < 4.78 is 1.77. The van der Waals surface area contributed by atoms with E-state index < -0.39 is 0 Å². The number of aromatic nitrogens is 4. The maximum atomic E-state index is 4.34. The van der Waals surface area contributed by atoms with E-state index in [0.29, 0.717) is 6.04 Å². The first-order valence-electron chi connectivity index (χ1n) is 5.84. The van der Waals surface area contributed by atoms with Gasteiger partial charge in [-0.05, 0) is 11.8 Å². The van der Waals surface area contributed by atoms with Crippen LogP contribution in [-0.2, 0) is 13.6 Å². The Hall–Kier alpha value is -1.40. The second-order valence-corrected chi connectivity index (χ2v) is 5.40. The first-order chi connectivity index (χ1) is 8.63. The minimum atomic E-state index is 0.467. The Bertz CT molecular complexity index is 491. The van der Waals surface area contributed by atoms with Gasteiger partial charge in [0.1, 0.15) is 0 Å². The normalized spacial score (nSPS) is 11.1. The van der Waals surface area contributed by atoms with Crippen molar-refractivity contribution in [2.45, 2.75) is 36.5 Å². The smallest absolute Gasteiger partial charge is 0.192 e. The number of aryl methyl sites for hydroxylation is 1. The molecule has 2 heterocycles. The van der Waals surface area contributed by atoms with Crippen LogP contribution in [0.2, 0.25) is 0 Å². The third kappa shape index (κ3) is 3.82. The van der Waals surface area contributed by atoms with Crippen LogP contribution in [0.1, 0.15) is 19.4 Å². The van der Waals surface area contributed by atoms with Crippen molar-refractivity contribution in [2.24, 2.45) is 7.05 Å². The van der Waals surface area contributed by atoms with Crippen LogP contribution in [0, 0.1) is 0 Å². The molecule has 0 fully saturated rings. The molecular weight excluding hydrogens is 246 g/mol. The number of hydrogen-bond donors (Lipinski definition) is 1. The van der Waals surface area contributed by atoms with Crippen LogP contribution in [0.4, 0.5) is 0 Å². The van der Waals surface area contributed by atoms with E-state index in [2.05, 4.69) is 34.2 Å². The second-order valence-electron chi connectivity index (χ2n) is 4.36. The molecule has 6 heteroatoms. The lowest BCUT2D eigenvalue weighted by molar-refractivity contribution is 0.585. The van der Waals surface area contributed by atoms with Crippen molar-refractivity contribution in [3.63, 3.8) is 0 Å². The van der Waals surface area contributed by atoms with E-state index in [-0.39, 0.29) is 0 Å². The molecule has 0 saturated heterocycles. The van der Waals surface area contributed by atoms with Gasteiger partial charge in [0.25, 0.3) is 0 Å². The molecule has 0 amide bonds. The summed E-state index contributed by atoms with van der Waals surface area (Å²) in [5, 5.41) is 8.19. The summed E-state index contributed by atoms with van der Waals surface area (Å²) in [5.41, 5.74) is 1.10. The predicted octanol–water partition coefficient (Wildman–Crippen LogP) is 1.86. The molecule has 0 aliphatic heterocycles. The number of hydrogen-bond acceptors (Lipinski definition) is 5. The van der Waals surface area contributed by atoms with Crippen LogP contribution in [0.15, 0.2) is 34.8 Å². The zero-order valence-electron chi connectivity index (χ0n) is 10.8. The highest BCUT2D eigenvalue weighted by Gasteiger charge is 2.03. The van der Waals surface area contributed by atoms with Crippen LogP contribution in [-0.4, -0.2) is 25.8 Å². The Labute approximate surface area is 111 Å². The lowest BCUT2D eigenvalue weighted by atomic mass is 10.3. The van der Waals surface area contributed by atoms with E-state index in [1.54, 1.807) is 4.68 Å². The molecule has 0 bridgehead atoms. The van der Waals surface area contributed by atoms with Crippen molar-refractivity contribution in [2.75, 3.05) is 0 Å². The quantitative estimate of drug-likeness (QED) is 0.834. The fourth-order valence-electron chi connectivity index (χ4n) is 1.37. The Kier molecular flexibility index (Phi) is 4.33. The van der Waals surface area contributed by atoms with Crippen molar-refractivity contribution in [1.82, 2.24) is 25.1 Å². The minimum Gasteiger partial charge on any atom is -0.310 e. The predicted molar refractivity (Wildman–Crippen MR) is 71.3 cm³/mol. The number of nitrogens with zero attached hydrogens (tertiary/aromatic N) is 4. The molecule has 0 spiro atoms. The Morgan fingerprint density at radius 2 is 2.00 bits per heavy atom. The van der Waals surface area contributed by atoms with Crippen molar-refractivity contribution in [3.8, 4) is 0 Å². The van der Waals surface area contributed by atoms with Gasteiger partial charge in [-0.25, -0.2) is 9.97 Å². The van der Waals surface area contributed by atoms with E-state index in [4.69, 9.17) is 0 Å². The number of nitrogens with one attached hydrogen (secondary N) is 1. The van der Waals surface area contributed by atoms with Gasteiger partial charge >= 0.3 is 0 Å². The van der Waals surface area contributed by atoms with Gasteiger partial charge in [-0.3, -0.25) is 4.68 Å². The maximum absolute atomic E-state index is 4.34. The average Bonchev–Trinajstić information content (AvgIpc) is 2.74. The molecule has 0 unspecified atom stereocenters. The first kappa shape index (κ1) is 13.0. The van der Waals surface area contributed by atoms with Gasteiger partial charge in [-0.15, -0.1) is 0 Å². The summed E-state index contributed by atoms with van der Waals surface area (Å²) >= 11 is 1.52. The summed E-state index contributed by atoms with van der Waals surface area (Å²) in [7, 11) is 1.89. The van der Waals surface area contributed by atoms with Gasteiger partial charge < -0.3 is 5.32 Å². The minimum absolute atomic E-state index is 0.467. The molecule has 0 atom stereocenters. The third-order valence-electron chi connectivity index (χ3n) is 2.29. The van der Waals surface area contributed by atoms with E-state index in [0.717, 1.165) is 22.2 Å². The van der Waals surface area contributed by atoms with Gasteiger partial charge in [-0.2, -0.15) is 5.10 Å². The van der Waals surface area contributed by atoms with Crippen molar-refractivity contribution in [1.29, 1.82) is 0 Å². The second kappa shape index (κ2) is 5.97. The summed E-state index contributed by atoms with van der Waals surface area (Å²) in [6.45, 7) is 5.04. The fourth-order valence-corrected chi connectivity index (χ4v) is 2.09. The molecule has 0 aliphatic rings. The van der Waals surface area contributed by atoms with E-state index in [9.17, 15) is 0 Å². The fraction of sp³-hybridized carbons (Fsp3) is 0.417. The van der Waals surface area contributed by atoms with Crippen molar-refractivity contribution >= 4 is 11.8 Å². The highest BCUT2D eigenvalue weighted by atomic mass is 32.2. The number of rotatable bonds is 5. The molecule has 0 aliphatic carbocycles. The largest absolute Gasteiger partial charge is 0.310 e. The zero-order chi connectivity index (χ0) is 13.0. The highest BCUT2D eigenvalue weighted by molar-refractivity contribution is 7.99. The van der Waals surface area contributed by atoms with Crippen LogP contribution in [0.5, 0.6) is 0 Å². The molecule has 0 saturated carbocycles. The molecule has 96 valence electrons. The highest BCUT2D eigenvalue weighted by Crippen LogP contribution is 2.22. The summed E-state index contributed by atoms with van der Waals surface area (Å²) in [6, 6.07) is 0.467. The Balaban J connectivity index is 1.95. The lowest BCUT2D eigenvalue weighted by Crippen LogP contribution is -2.21. The molecule has 5 nitrogen and oxygen atoms in total. The summed E-state index contributed by atoms with van der Waals surface area (Å²) in [5.74, 6) is 0. The molecular formula is C12H17N5S. The Morgan fingerprint density at radius 1 is 1.28 bits per heavy atom. The molecule has 0 aromatic carbocycles. The third-order valence-corrected chi connectivity index (χ3v) is 3.13. The molecule has 0 radical (unpaired) electrons. The van der Waals surface area contributed by atoms with Crippen LogP contribution >= 0.6 is 11.8 Å². The van der Waals surface area contributed by atoms with Crippen LogP contribution < -0.4 is 5.32 Å². The zero-order valence-corrected chi connectivity index (χ0v) is 11.6. The first-order valence-corrected chi connectivity index (χ1v) is 6.66. The molecule has 2 rings (SSSR count). The van der Waals surface area contributed by atoms with Gasteiger partial charge in [0.15, 0.2) is 5.16 Å². The van der Waals surface area contributed by atoms with Crippen LogP contribution in [0.25, 0.3) is 0 Å². The van der Waals surface area contributed by atoms with Crippen LogP contribution in [0.3, 0.4) is 0 Å². The van der Waals surface area contributed by atoms with Gasteiger partial charge in [0, 0.05) is 43.8 Å². The summed E-state index contributed by atoms with van der Waals surface area (Å²) in [4.78, 5) is 9.72. The van der Waals surface area contributed by atoms with E-state index in [1.807, 2.05) is 31.8 Å². The van der Waals surface area contributed by atoms with Gasteiger partial charge in [-0.1, -0.05) is 13.8 Å². The maximum Gasteiger partial charge on any atom is 0.192 e. The van der Waals surface area contributed by atoms with E-state index in [1.165, 1.54) is 11.8 Å². The molecule has 2 aromatic heterocycles. The molecule has 2 aromatic rings. The monoisotopic (exact) mass is 263 g/mol. The topological polar surface area (TPSA) is 55.6 Å². The Morgan fingerprint density at radius 3 is 2.56 bits per heavy atom. The lowest BCUT2D eigenvalue weighted by Gasteiger charge is -2.07. The average molecular weight is 263 g/mol. The van der Waals surface area contributed by atoms with Gasteiger partial charge in [0.2, 0.25) is 0 Å². The molecule has 18 heavy (non-hydrogen) atoms. The summed E-state index contributed by atoms with van der Waals surface area (Å²) in [6.07, 6.45) is 7.48. The van der Waals surface area contributed by atoms with Crippen molar-refractivity contribution in [3.05, 3.63) is 30.4 Å². The SMILES string of the molecule is CC(C)NCc1cnc(Sc2cnn(C)c2)nc1.